The van der Waals surface area contributed by atoms with Crippen molar-refractivity contribution in [3.63, 3.8) is 0 Å². The summed E-state index contributed by atoms with van der Waals surface area (Å²) < 4.78 is 26.7. The van der Waals surface area contributed by atoms with Gasteiger partial charge in [-0.2, -0.15) is 4.72 Å². The number of non-ortho nitro benzene ring substituents is 1. The maximum Gasteiger partial charge on any atom is 0.323 e. The lowest BCUT2D eigenvalue weighted by Gasteiger charge is -2.45. The molecule has 0 unspecified atom stereocenters. The second kappa shape index (κ2) is 5.59. The van der Waals surface area contributed by atoms with Gasteiger partial charge in [0.05, 0.1) is 9.82 Å². The van der Waals surface area contributed by atoms with Crippen LogP contribution >= 0.6 is 0 Å². The van der Waals surface area contributed by atoms with Gasteiger partial charge in [0.25, 0.3) is 5.69 Å². The summed E-state index contributed by atoms with van der Waals surface area (Å²) in [6.07, 6.45) is 0. The molecule has 0 aromatic heterocycles. The summed E-state index contributed by atoms with van der Waals surface area (Å²) in [5.41, 5.74) is -1.70. The Labute approximate surface area is 130 Å². The highest BCUT2D eigenvalue weighted by Gasteiger charge is 2.51. The van der Waals surface area contributed by atoms with E-state index in [0.29, 0.717) is 0 Å². The SMILES string of the molecule is C[C@@]1(NS(=O)(=O)c2ccc([N+](=O)[O-])cc2)CN(CC(=O)O)C1=O. The Bertz CT molecular complexity index is 774. The molecule has 1 aromatic rings. The number of nitrogens with zero attached hydrogens (tertiary/aromatic N) is 2. The first-order valence-electron chi connectivity index (χ1n) is 6.35. The van der Waals surface area contributed by atoms with Crippen molar-refractivity contribution in [1.82, 2.24) is 9.62 Å². The zero-order valence-corrected chi connectivity index (χ0v) is 12.7. The van der Waals surface area contributed by atoms with Gasteiger partial charge in [0.2, 0.25) is 15.9 Å². The van der Waals surface area contributed by atoms with Crippen LogP contribution in [-0.2, 0) is 19.6 Å². The lowest BCUT2D eigenvalue weighted by atomic mass is 9.92. The number of hydrogen-bond acceptors (Lipinski definition) is 6. The van der Waals surface area contributed by atoms with Gasteiger partial charge in [0.1, 0.15) is 12.1 Å². The van der Waals surface area contributed by atoms with Crippen LogP contribution in [0, 0.1) is 10.1 Å². The Hall–Kier alpha value is -2.53. The molecule has 11 heteroatoms. The zero-order valence-electron chi connectivity index (χ0n) is 11.9. The van der Waals surface area contributed by atoms with E-state index in [9.17, 15) is 28.1 Å². The van der Waals surface area contributed by atoms with Crippen molar-refractivity contribution < 1.29 is 28.0 Å². The van der Waals surface area contributed by atoms with E-state index < -0.39 is 38.9 Å². The van der Waals surface area contributed by atoms with E-state index in [4.69, 9.17) is 5.11 Å². The number of carbonyl (C=O) groups excluding carboxylic acids is 1. The molecule has 2 rings (SSSR count). The summed E-state index contributed by atoms with van der Waals surface area (Å²) in [5.74, 6) is -1.84. The van der Waals surface area contributed by atoms with Crippen molar-refractivity contribution in [2.45, 2.75) is 17.4 Å². The van der Waals surface area contributed by atoms with Crippen LogP contribution in [0.3, 0.4) is 0 Å². The van der Waals surface area contributed by atoms with E-state index >= 15 is 0 Å². The molecular weight excluding hydrogens is 330 g/mol. The number of aliphatic carboxylic acids is 1. The van der Waals surface area contributed by atoms with Gasteiger partial charge in [0.15, 0.2) is 0 Å². The number of carboxylic acid groups (broad SMARTS) is 1. The number of β-lactam (4-membered cyclic amide) rings is 1. The van der Waals surface area contributed by atoms with Crippen molar-refractivity contribution in [2.24, 2.45) is 0 Å². The average molecular weight is 343 g/mol. The quantitative estimate of drug-likeness (QED) is 0.404. The third-order valence-electron chi connectivity index (χ3n) is 3.31. The number of carbonyl (C=O) groups is 2. The standard InChI is InChI=1S/C12H13N3O7S/c1-12(7-14(11(12)18)6-10(16)17)13-23(21,22)9-4-2-8(3-5-9)15(19)20/h2-5,13H,6-7H2,1H3,(H,16,17)/t12-/m1/s1. The summed E-state index contributed by atoms with van der Waals surface area (Å²) in [4.78, 5) is 33.1. The van der Waals surface area contributed by atoms with Crippen molar-refractivity contribution in [3.05, 3.63) is 34.4 Å². The third kappa shape index (κ3) is 3.29. The molecule has 0 aliphatic carbocycles. The van der Waals surface area contributed by atoms with E-state index in [0.717, 1.165) is 29.2 Å². The molecule has 1 atom stereocenters. The summed E-state index contributed by atoms with van der Waals surface area (Å²) in [6, 6.07) is 4.19. The maximum absolute atomic E-state index is 12.2. The van der Waals surface area contributed by atoms with Crippen molar-refractivity contribution in [2.75, 3.05) is 13.1 Å². The smallest absolute Gasteiger partial charge is 0.323 e. The van der Waals surface area contributed by atoms with Crippen LogP contribution in [0.4, 0.5) is 5.69 Å². The minimum Gasteiger partial charge on any atom is -0.480 e. The summed E-state index contributed by atoms with van der Waals surface area (Å²) in [5, 5.41) is 19.2. The lowest BCUT2D eigenvalue weighted by molar-refractivity contribution is -0.384. The van der Waals surface area contributed by atoms with Gasteiger partial charge in [-0.3, -0.25) is 19.7 Å². The molecule has 1 aliphatic rings. The van der Waals surface area contributed by atoms with Gasteiger partial charge in [-0.05, 0) is 19.1 Å². The first kappa shape index (κ1) is 16.8. The highest BCUT2D eigenvalue weighted by atomic mass is 32.2. The van der Waals surface area contributed by atoms with E-state index in [1.807, 2.05) is 0 Å². The van der Waals surface area contributed by atoms with Crippen molar-refractivity contribution >= 4 is 27.6 Å². The minimum absolute atomic E-state index is 0.0790. The highest BCUT2D eigenvalue weighted by Crippen LogP contribution is 2.25. The second-order valence-corrected chi connectivity index (χ2v) is 6.93. The Morgan fingerprint density at radius 3 is 2.43 bits per heavy atom. The molecule has 1 heterocycles. The summed E-state index contributed by atoms with van der Waals surface area (Å²) in [7, 11) is -4.07. The predicted molar refractivity (Wildman–Crippen MR) is 76.0 cm³/mol. The summed E-state index contributed by atoms with van der Waals surface area (Å²) >= 11 is 0. The van der Waals surface area contributed by atoms with Crippen LogP contribution in [0.25, 0.3) is 0 Å². The Balaban J connectivity index is 2.14. The average Bonchev–Trinajstić information content (AvgIpc) is 2.45. The van der Waals surface area contributed by atoms with Crippen LogP contribution in [-0.4, -0.2) is 53.9 Å². The number of nitro groups is 1. The molecule has 0 radical (unpaired) electrons. The molecule has 10 nitrogen and oxygen atoms in total. The molecule has 124 valence electrons. The van der Waals surface area contributed by atoms with E-state index in [1.165, 1.54) is 6.92 Å². The second-order valence-electron chi connectivity index (χ2n) is 5.24. The molecule has 2 N–H and O–H groups in total. The normalized spacial score (nSPS) is 20.9. The largest absolute Gasteiger partial charge is 0.480 e. The molecular formula is C12H13N3O7S. The number of likely N-dealkylation sites (tertiary alicyclic amines) is 1. The fraction of sp³-hybridized carbons (Fsp3) is 0.333. The van der Waals surface area contributed by atoms with Crippen LogP contribution < -0.4 is 4.72 Å². The van der Waals surface area contributed by atoms with Crippen LogP contribution in [0.1, 0.15) is 6.92 Å². The Morgan fingerprint density at radius 1 is 1.43 bits per heavy atom. The van der Waals surface area contributed by atoms with E-state index in [-0.39, 0.29) is 17.1 Å². The molecule has 1 aliphatic heterocycles. The molecule has 1 aromatic carbocycles. The van der Waals surface area contributed by atoms with E-state index in [2.05, 4.69) is 4.72 Å². The summed E-state index contributed by atoms with van der Waals surface area (Å²) in [6.45, 7) is 0.759. The van der Waals surface area contributed by atoms with E-state index in [1.54, 1.807) is 0 Å². The van der Waals surface area contributed by atoms with Gasteiger partial charge >= 0.3 is 5.97 Å². The van der Waals surface area contributed by atoms with Gasteiger partial charge in [-0.15, -0.1) is 0 Å². The molecule has 1 amide bonds. The number of rotatable bonds is 6. The van der Waals surface area contributed by atoms with Crippen LogP contribution in [0.2, 0.25) is 0 Å². The molecule has 0 bridgehead atoms. The number of nitro benzene ring substituents is 1. The van der Waals surface area contributed by atoms with Crippen molar-refractivity contribution in [3.8, 4) is 0 Å². The molecule has 1 fully saturated rings. The molecule has 0 saturated carbocycles. The highest BCUT2D eigenvalue weighted by molar-refractivity contribution is 7.89. The van der Waals surface area contributed by atoms with Gasteiger partial charge in [0, 0.05) is 18.7 Å². The predicted octanol–water partition coefficient (Wildman–Crippen LogP) is -0.441. The minimum atomic E-state index is -4.07. The first-order chi connectivity index (χ1) is 10.5. The monoisotopic (exact) mass is 343 g/mol. The lowest BCUT2D eigenvalue weighted by Crippen LogP contribution is -2.73. The molecule has 23 heavy (non-hydrogen) atoms. The molecule has 0 spiro atoms. The maximum atomic E-state index is 12.2. The van der Waals surface area contributed by atoms with Gasteiger partial charge in [-0.25, -0.2) is 8.42 Å². The van der Waals surface area contributed by atoms with Crippen LogP contribution in [0.5, 0.6) is 0 Å². The Kier molecular flexibility index (Phi) is 4.09. The third-order valence-corrected chi connectivity index (χ3v) is 4.92. The number of benzene rings is 1. The number of amides is 1. The zero-order chi connectivity index (χ0) is 17.4. The fourth-order valence-corrected chi connectivity index (χ4v) is 3.61. The fourth-order valence-electron chi connectivity index (χ4n) is 2.25. The van der Waals surface area contributed by atoms with Crippen LogP contribution in [0.15, 0.2) is 29.2 Å². The molecule has 1 saturated heterocycles. The number of hydrogen-bond donors (Lipinski definition) is 2. The van der Waals surface area contributed by atoms with Gasteiger partial charge in [-0.1, -0.05) is 0 Å². The van der Waals surface area contributed by atoms with Gasteiger partial charge < -0.3 is 10.0 Å². The van der Waals surface area contributed by atoms with Crippen molar-refractivity contribution in [1.29, 1.82) is 0 Å². The number of carboxylic acids is 1. The number of nitrogens with one attached hydrogen (secondary N) is 1. The topological polar surface area (TPSA) is 147 Å². The number of sulfonamides is 1. The first-order valence-corrected chi connectivity index (χ1v) is 7.83. The Morgan fingerprint density at radius 2 is 2.00 bits per heavy atom.